The average molecular weight is 266 g/mol. The molecule has 0 radical (unpaired) electrons. The van der Waals surface area contributed by atoms with Crippen LogP contribution in [0.15, 0.2) is 30.3 Å². The van der Waals surface area contributed by atoms with E-state index in [1.165, 1.54) is 0 Å². The molecule has 3 N–H and O–H groups in total. The van der Waals surface area contributed by atoms with Gasteiger partial charge in [-0.25, -0.2) is 0 Å². The Hall–Kier alpha value is -1.59. The molecule has 0 heterocycles. The molecule has 0 spiro atoms. The highest BCUT2D eigenvalue weighted by molar-refractivity contribution is 5.84. The van der Waals surface area contributed by atoms with Gasteiger partial charge in [0.15, 0.2) is 0 Å². The van der Waals surface area contributed by atoms with E-state index < -0.39 is 11.4 Å². The lowest BCUT2D eigenvalue weighted by Gasteiger charge is -2.26. The predicted molar refractivity (Wildman–Crippen MR) is 74.0 cm³/mol. The zero-order valence-electron chi connectivity index (χ0n) is 11.5. The minimum atomic E-state index is -0.832. The molecule has 5 heteroatoms. The lowest BCUT2D eigenvalue weighted by molar-refractivity contribution is -0.126. The summed E-state index contributed by atoms with van der Waals surface area (Å²) in [7, 11) is 0. The molecule has 0 aliphatic carbocycles. The maximum Gasteiger partial charge on any atom is 0.239 e. The van der Waals surface area contributed by atoms with Crippen molar-refractivity contribution in [2.45, 2.75) is 19.4 Å². The van der Waals surface area contributed by atoms with Gasteiger partial charge in [-0.3, -0.25) is 4.79 Å². The third-order valence-electron chi connectivity index (χ3n) is 2.74. The normalized spacial score (nSPS) is 13.8. The summed E-state index contributed by atoms with van der Waals surface area (Å²) in [4.78, 5) is 11.3. The standard InChI is InChI=1S/C14H22N2O3/c1-3-16-14(2,13(15)17)11-18-9-10-19-12-7-5-4-6-8-12/h4-8,16H,3,9-11H2,1-2H3,(H2,15,17). The third-order valence-corrected chi connectivity index (χ3v) is 2.74. The second-order valence-electron chi connectivity index (χ2n) is 4.44. The quantitative estimate of drug-likeness (QED) is 0.652. The van der Waals surface area contributed by atoms with Gasteiger partial charge in [-0.15, -0.1) is 0 Å². The molecular weight excluding hydrogens is 244 g/mol. The van der Waals surface area contributed by atoms with E-state index in [9.17, 15) is 4.79 Å². The molecular formula is C14H22N2O3. The molecule has 0 saturated carbocycles. The van der Waals surface area contributed by atoms with Gasteiger partial charge in [-0.05, 0) is 25.6 Å². The van der Waals surface area contributed by atoms with E-state index in [2.05, 4.69) is 5.32 Å². The Labute approximate surface area is 114 Å². The number of nitrogens with two attached hydrogens (primary N) is 1. The van der Waals surface area contributed by atoms with Crippen molar-refractivity contribution in [2.24, 2.45) is 5.73 Å². The molecule has 0 saturated heterocycles. The van der Waals surface area contributed by atoms with Crippen LogP contribution in [0.3, 0.4) is 0 Å². The number of likely N-dealkylation sites (N-methyl/N-ethyl adjacent to an activating group) is 1. The van der Waals surface area contributed by atoms with E-state index >= 15 is 0 Å². The van der Waals surface area contributed by atoms with Gasteiger partial charge in [0.25, 0.3) is 0 Å². The number of hydrogen-bond acceptors (Lipinski definition) is 4. The van der Waals surface area contributed by atoms with Gasteiger partial charge in [0, 0.05) is 0 Å². The van der Waals surface area contributed by atoms with Crippen LogP contribution in [0, 0.1) is 0 Å². The van der Waals surface area contributed by atoms with Gasteiger partial charge in [-0.2, -0.15) is 0 Å². The number of rotatable bonds is 9. The van der Waals surface area contributed by atoms with Gasteiger partial charge in [0.05, 0.1) is 13.2 Å². The summed E-state index contributed by atoms with van der Waals surface area (Å²) in [6, 6.07) is 9.51. The Kier molecular flexibility index (Phi) is 6.32. The molecule has 1 rings (SSSR count). The third kappa shape index (κ3) is 5.28. The van der Waals surface area contributed by atoms with Crippen molar-refractivity contribution in [1.82, 2.24) is 5.32 Å². The Balaban J connectivity index is 2.24. The largest absolute Gasteiger partial charge is 0.491 e. The summed E-state index contributed by atoms with van der Waals surface area (Å²) < 4.78 is 10.9. The Bertz CT molecular complexity index is 384. The first-order valence-corrected chi connectivity index (χ1v) is 6.39. The second kappa shape index (κ2) is 7.76. The molecule has 106 valence electrons. The minimum absolute atomic E-state index is 0.230. The Morgan fingerprint density at radius 2 is 2.00 bits per heavy atom. The van der Waals surface area contributed by atoms with Crippen molar-refractivity contribution in [2.75, 3.05) is 26.4 Å². The fraction of sp³-hybridized carbons (Fsp3) is 0.500. The Morgan fingerprint density at radius 1 is 1.32 bits per heavy atom. The van der Waals surface area contributed by atoms with Gasteiger partial charge < -0.3 is 20.5 Å². The van der Waals surface area contributed by atoms with Crippen LogP contribution in [0.5, 0.6) is 5.75 Å². The van der Waals surface area contributed by atoms with Crippen LogP contribution in [0.1, 0.15) is 13.8 Å². The SMILES string of the molecule is CCNC(C)(COCCOc1ccccc1)C(N)=O. The first-order chi connectivity index (χ1) is 9.08. The minimum Gasteiger partial charge on any atom is -0.491 e. The van der Waals surface area contributed by atoms with Gasteiger partial charge in [0.1, 0.15) is 17.9 Å². The first-order valence-electron chi connectivity index (χ1n) is 6.39. The first kappa shape index (κ1) is 15.5. The number of carbonyl (C=O) groups excluding carboxylic acids is 1. The van der Waals surface area contributed by atoms with E-state index in [1.807, 2.05) is 37.3 Å². The highest BCUT2D eigenvalue weighted by Gasteiger charge is 2.30. The van der Waals surface area contributed by atoms with Crippen LogP contribution in [-0.4, -0.2) is 37.8 Å². The smallest absolute Gasteiger partial charge is 0.239 e. The molecule has 19 heavy (non-hydrogen) atoms. The van der Waals surface area contributed by atoms with Crippen LogP contribution in [0.2, 0.25) is 0 Å². The lowest BCUT2D eigenvalue weighted by Crippen LogP contribution is -2.56. The number of primary amides is 1. The molecule has 0 aliphatic heterocycles. The van der Waals surface area contributed by atoms with E-state index in [4.69, 9.17) is 15.2 Å². The summed E-state index contributed by atoms with van der Waals surface area (Å²) in [5.41, 5.74) is 4.52. The number of hydrogen-bond donors (Lipinski definition) is 2. The second-order valence-corrected chi connectivity index (χ2v) is 4.44. The molecule has 1 aromatic rings. The van der Waals surface area contributed by atoms with Crippen molar-refractivity contribution in [1.29, 1.82) is 0 Å². The van der Waals surface area contributed by atoms with Gasteiger partial charge >= 0.3 is 0 Å². The molecule has 0 aromatic heterocycles. The topological polar surface area (TPSA) is 73.6 Å². The summed E-state index contributed by atoms with van der Waals surface area (Å²) in [5.74, 6) is 0.383. The molecule has 0 bridgehead atoms. The fourth-order valence-electron chi connectivity index (χ4n) is 1.61. The van der Waals surface area contributed by atoms with E-state index in [0.717, 1.165) is 5.75 Å². The molecule has 0 fully saturated rings. The van der Waals surface area contributed by atoms with E-state index in [-0.39, 0.29) is 6.61 Å². The Morgan fingerprint density at radius 3 is 2.58 bits per heavy atom. The van der Waals surface area contributed by atoms with Crippen molar-refractivity contribution >= 4 is 5.91 Å². The highest BCUT2D eigenvalue weighted by Crippen LogP contribution is 2.08. The predicted octanol–water partition coefficient (Wildman–Crippen LogP) is 0.935. The zero-order valence-corrected chi connectivity index (χ0v) is 11.5. The van der Waals surface area contributed by atoms with Crippen molar-refractivity contribution in [3.05, 3.63) is 30.3 Å². The van der Waals surface area contributed by atoms with Crippen LogP contribution < -0.4 is 15.8 Å². The van der Waals surface area contributed by atoms with E-state index in [0.29, 0.717) is 19.8 Å². The van der Waals surface area contributed by atoms with Crippen LogP contribution in [-0.2, 0) is 9.53 Å². The zero-order chi connectivity index (χ0) is 14.1. The summed E-state index contributed by atoms with van der Waals surface area (Å²) >= 11 is 0. The number of amides is 1. The van der Waals surface area contributed by atoms with E-state index in [1.54, 1.807) is 6.92 Å². The number of carbonyl (C=O) groups is 1. The maximum absolute atomic E-state index is 11.3. The number of benzene rings is 1. The van der Waals surface area contributed by atoms with Crippen LogP contribution in [0.25, 0.3) is 0 Å². The number of nitrogens with one attached hydrogen (secondary N) is 1. The summed E-state index contributed by atoms with van der Waals surface area (Å²) in [5, 5.41) is 3.03. The monoisotopic (exact) mass is 266 g/mol. The van der Waals surface area contributed by atoms with Crippen molar-refractivity contribution in [3.8, 4) is 5.75 Å². The van der Waals surface area contributed by atoms with Crippen molar-refractivity contribution < 1.29 is 14.3 Å². The summed E-state index contributed by atoms with van der Waals surface area (Å²) in [6.45, 7) is 5.38. The van der Waals surface area contributed by atoms with Gasteiger partial charge in [0.2, 0.25) is 5.91 Å². The molecule has 0 aliphatic rings. The maximum atomic E-state index is 11.3. The van der Waals surface area contributed by atoms with Gasteiger partial charge in [-0.1, -0.05) is 25.1 Å². The fourth-order valence-corrected chi connectivity index (χ4v) is 1.61. The highest BCUT2D eigenvalue weighted by atomic mass is 16.5. The number of para-hydroxylation sites is 1. The lowest BCUT2D eigenvalue weighted by atomic mass is 10.0. The molecule has 1 aromatic carbocycles. The summed E-state index contributed by atoms with van der Waals surface area (Å²) in [6.07, 6.45) is 0. The average Bonchev–Trinajstić information content (AvgIpc) is 2.39. The van der Waals surface area contributed by atoms with Crippen LogP contribution >= 0.6 is 0 Å². The molecule has 1 unspecified atom stereocenters. The molecule has 1 atom stereocenters. The van der Waals surface area contributed by atoms with Crippen molar-refractivity contribution in [3.63, 3.8) is 0 Å². The molecule has 5 nitrogen and oxygen atoms in total. The van der Waals surface area contributed by atoms with Crippen LogP contribution in [0.4, 0.5) is 0 Å². The molecule has 1 amide bonds. The number of ether oxygens (including phenoxy) is 2.